The molecule has 2 rings (SSSR count). The molecule has 19 heavy (non-hydrogen) atoms. The topological polar surface area (TPSA) is 56.1 Å². The van der Waals surface area contributed by atoms with Gasteiger partial charge >= 0.3 is 5.97 Å². The number of hydrogen-bond donors (Lipinski definition) is 1. The van der Waals surface area contributed by atoms with Crippen LogP contribution in [0.25, 0.3) is 0 Å². The number of thiophene rings is 1. The summed E-state index contributed by atoms with van der Waals surface area (Å²) < 4.78 is 6.72. The second-order valence-electron chi connectivity index (χ2n) is 4.03. The van der Waals surface area contributed by atoms with Gasteiger partial charge in [0.05, 0.1) is 18.5 Å². The standard InChI is InChI=1S/C13H17N3O2S/c1-3-18-13(17)11-8-15-16(2)12(11)9-14-7-10-5-4-6-19-10/h4-6,8,14H,3,7,9H2,1-2H3. The van der Waals surface area contributed by atoms with Crippen molar-refractivity contribution >= 4 is 17.3 Å². The SMILES string of the molecule is CCOC(=O)c1cnn(C)c1CNCc1cccs1. The summed E-state index contributed by atoms with van der Waals surface area (Å²) in [5.74, 6) is -0.316. The Morgan fingerprint density at radius 1 is 1.53 bits per heavy atom. The molecule has 0 atom stereocenters. The van der Waals surface area contributed by atoms with Crippen molar-refractivity contribution in [1.82, 2.24) is 15.1 Å². The van der Waals surface area contributed by atoms with Gasteiger partial charge in [-0.1, -0.05) is 6.07 Å². The molecule has 0 saturated carbocycles. The summed E-state index contributed by atoms with van der Waals surface area (Å²) >= 11 is 1.71. The van der Waals surface area contributed by atoms with E-state index in [9.17, 15) is 4.79 Å². The number of aryl methyl sites for hydroxylation is 1. The molecule has 0 amide bonds. The van der Waals surface area contributed by atoms with Crippen LogP contribution in [-0.2, 0) is 24.9 Å². The third kappa shape index (κ3) is 3.42. The van der Waals surface area contributed by atoms with Crippen LogP contribution in [-0.4, -0.2) is 22.4 Å². The number of nitrogens with one attached hydrogen (secondary N) is 1. The third-order valence-electron chi connectivity index (χ3n) is 2.73. The maximum absolute atomic E-state index is 11.8. The maximum atomic E-state index is 11.8. The van der Waals surface area contributed by atoms with Crippen molar-refractivity contribution in [2.24, 2.45) is 7.05 Å². The van der Waals surface area contributed by atoms with E-state index in [1.165, 1.54) is 4.88 Å². The van der Waals surface area contributed by atoms with Crippen molar-refractivity contribution in [3.05, 3.63) is 39.8 Å². The molecule has 0 unspecified atom stereocenters. The predicted molar refractivity (Wildman–Crippen MR) is 74.0 cm³/mol. The lowest BCUT2D eigenvalue weighted by molar-refractivity contribution is 0.0524. The zero-order valence-electron chi connectivity index (χ0n) is 11.0. The van der Waals surface area contributed by atoms with E-state index < -0.39 is 0 Å². The highest BCUT2D eigenvalue weighted by Gasteiger charge is 2.16. The van der Waals surface area contributed by atoms with Crippen molar-refractivity contribution in [3.8, 4) is 0 Å². The lowest BCUT2D eigenvalue weighted by Gasteiger charge is -2.07. The van der Waals surface area contributed by atoms with Crippen molar-refractivity contribution < 1.29 is 9.53 Å². The summed E-state index contributed by atoms with van der Waals surface area (Å²) in [6, 6.07) is 4.10. The van der Waals surface area contributed by atoms with Crippen LogP contribution in [0.1, 0.15) is 27.9 Å². The van der Waals surface area contributed by atoms with Gasteiger partial charge in [-0.2, -0.15) is 5.10 Å². The molecule has 5 nitrogen and oxygen atoms in total. The highest BCUT2D eigenvalue weighted by atomic mass is 32.1. The Balaban J connectivity index is 1.99. The number of aromatic nitrogens is 2. The first-order valence-corrected chi connectivity index (χ1v) is 7.01. The Hall–Kier alpha value is -1.66. The Bertz CT molecular complexity index is 534. The molecule has 0 aliphatic rings. The molecule has 0 radical (unpaired) electrons. The van der Waals surface area contributed by atoms with Gasteiger partial charge in [0.1, 0.15) is 5.56 Å². The summed E-state index contributed by atoms with van der Waals surface area (Å²) in [6.07, 6.45) is 1.56. The predicted octanol–water partition coefficient (Wildman–Crippen LogP) is 1.95. The normalized spacial score (nSPS) is 10.6. The molecule has 0 aliphatic heterocycles. The molecule has 0 aliphatic carbocycles. The van der Waals surface area contributed by atoms with Crippen molar-refractivity contribution in [3.63, 3.8) is 0 Å². The lowest BCUT2D eigenvalue weighted by atomic mass is 10.2. The molecule has 0 fully saturated rings. The minimum atomic E-state index is -0.316. The first kappa shape index (κ1) is 13.8. The Morgan fingerprint density at radius 2 is 2.37 bits per heavy atom. The molecular formula is C13H17N3O2S. The van der Waals surface area contributed by atoms with Crippen LogP contribution >= 0.6 is 11.3 Å². The number of esters is 1. The third-order valence-corrected chi connectivity index (χ3v) is 3.61. The summed E-state index contributed by atoms with van der Waals surface area (Å²) in [5, 5.41) is 9.47. The van der Waals surface area contributed by atoms with E-state index in [4.69, 9.17) is 4.74 Å². The largest absolute Gasteiger partial charge is 0.462 e. The highest BCUT2D eigenvalue weighted by molar-refractivity contribution is 7.09. The van der Waals surface area contributed by atoms with Gasteiger partial charge < -0.3 is 10.1 Å². The van der Waals surface area contributed by atoms with Gasteiger partial charge in [-0.05, 0) is 18.4 Å². The van der Waals surface area contributed by atoms with Gasteiger partial charge in [0.25, 0.3) is 0 Å². The van der Waals surface area contributed by atoms with E-state index >= 15 is 0 Å². The number of hydrogen-bond acceptors (Lipinski definition) is 5. The Morgan fingerprint density at radius 3 is 3.05 bits per heavy atom. The minimum absolute atomic E-state index is 0.316. The average Bonchev–Trinajstić information content (AvgIpc) is 3.01. The van der Waals surface area contributed by atoms with E-state index in [2.05, 4.69) is 16.5 Å². The summed E-state index contributed by atoms with van der Waals surface area (Å²) in [7, 11) is 1.82. The molecule has 102 valence electrons. The van der Waals surface area contributed by atoms with Gasteiger partial charge in [0.15, 0.2) is 0 Å². The number of carbonyl (C=O) groups is 1. The van der Waals surface area contributed by atoms with Crippen LogP contribution in [0.4, 0.5) is 0 Å². The Kier molecular flexibility index (Phi) is 4.70. The number of ether oxygens (including phenoxy) is 1. The summed E-state index contributed by atoms with van der Waals surface area (Å²) in [6.45, 7) is 3.53. The summed E-state index contributed by atoms with van der Waals surface area (Å²) in [4.78, 5) is 13.0. The highest BCUT2D eigenvalue weighted by Crippen LogP contribution is 2.11. The first-order chi connectivity index (χ1) is 9.22. The van der Waals surface area contributed by atoms with E-state index in [1.807, 2.05) is 18.5 Å². The zero-order chi connectivity index (χ0) is 13.7. The van der Waals surface area contributed by atoms with Crippen molar-refractivity contribution in [2.45, 2.75) is 20.0 Å². The van der Waals surface area contributed by atoms with E-state index in [0.29, 0.717) is 18.7 Å². The fourth-order valence-corrected chi connectivity index (χ4v) is 2.44. The molecule has 2 aromatic heterocycles. The smallest absolute Gasteiger partial charge is 0.341 e. The molecule has 6 heteroatoms. The zero-order valence-corrected chi connectivity index (χ0v) is 11.9. The van der Waals surface area contributed by atoms with E-state index in [0.717, 1.165) is 12.2 Å². The van der Waals surface area contributed by atoms with E-state index in [1.54, 1.807) is 29.1 Å². The average molecular weight is 279 g/mol. The molecule has 1 N–H and O–H groups in total. The molecule has 0 aromatic carbocycles. The van der Waals surface area contributed by atoms with Crippen LogP contribution in [0.2, 0.25) is 0 Å². The van der Waals surface area contributed by atoms with E-state index in [-0.39, 0.29) is 5.97 Å². The molecule has 2 heterocycles. The van der Waals surface area contributed by atoms with Gasteiger partial charge in [-0.15, -0.1) is 11.3 Å². The van der Waals surface area contributed by atoms with Gasteiger partial charge in [0, 0.05) is 25.0 Å². The van der Waals surface area contributed by atoms with Crippen molar-refractivity contribution in [2.75, 3.05) is 6.61 Å². The number of nitrogens with zero attached hydrogens (tertiary/aromatic N) is 2. The second-order valence-corrected chi connectivity index (χ2v) is 5.06. The van der Waals surface area contributed by atoms with Crippen molar-refractivity contribution in [1.29, 1.82) is 0 Å². The van der Waals surface area contributed by atoms with Crippen LogP contribution in [0.5, 0.6) is 0 Å². The monoisotopic (exact) mass is 279 g/mol. The Labute approximate surface area is 116 Å². The molecule has 2 aromatic rings. The fraction of sp³-hybridized carbons (Fsp3) is 0.385. The molecule has 0 bridgehead atoms. The maximum Gasteiger partial charge on any atom is 0.341 e. The quantitative estimate of drug-likeness (QED) is 0.821. The van der Waals surface area contributed by atoms with Gasteiger partial charge in [0.2, 0.25) is 0 Å². The van der Waals surface area contributed by atoms with Crippen LogP contribution in [0.15, 0.2) is 23.7 Å². The van der Waals surface area contributed by atoms with Crippen LogP contribution < -0.4 is 5.32 Å². The van der Waals surface area contributed by atoms with Crippen LogP contribution in [0.3, 0.4) is 0 Å². The second kappa shape index (κ2) is 6.49. The van der Waals surface area contributed by atoms with Gasteiger partial charge in [-0.3, -0.25) is 4.68 Å². The molecular weight excluding hydrogens is 262 g/mol. The minimum Gasteiger partial charge on any atom is -0.462 e. The molecule has 0 spiro atoms. The first-order valence-electron chi connectivity index (χ1n) is 6.13. The molecule has 0 saturated heterocycles. The van der Waals surface area contributed by atoms with Crippen LogP contribution in [0, 0.1) is 0 Å². The summed E-state index contributed by atoms with van der Waals surface area (Å²) in [5.41, 5.74) is 1.37. The number of rotatable bonds is 6. The van der Waals surface area contributed by atoms with Gasteiger partial charge in [-0.25, -0.2) is 4.79 Å². The number of carbonyl (C=O) groups excluding carboxylic acids is 1. The lowest BCUT2D eigenvalue weighted by Crippen LogP contribution is -2.18. The fourth-order valence-electron chi connectivity index (χ4n) is 1.77.